The number of hydrogen-bond acceptors (Lipinski definition) is 2. The summed E-state index contributed by atoms with van der Waals surface area (Å²) in [5.74, 6) is 0.620. The number of hydrogen-bond donors (Lipinski definition) is 1. The van der Waals surface area contributed by atoms with Crippen LogP contribution in [-0.2, 0) is 6.61 Å². The maximum Gasteiger partial charge on any atom is 0.135 e. The third-order valence-corrected chi connectivity index (χ3v) is 2.66. The molecule has 0 radical (unpaired) electrons. The van der Waals surface area contributed by atoms with Crippen LogP contribution in [0.4, 0.5) is 0 Å². The van der Waals surface area contributed by atoms with Crippen LogP contribution in [0.25, 0.3) is 11.0 Å². The van der Waals surface area contributed by atoms with Gasteiger partial charge in [0.2, 0.25) is 0 Å². The lowest BCUT2D eigenvalue weighted by Gasteiger charge is -1.88. The molecule has 1 aromatic carbocycles. The summed E-state index contributed by atoms with van der Waals surface area (Å²) in [5.41, 5.74) is 0.839. The van der Waals surface area contributed by atoms with E-state index in [-0.39, 0.29) is 6.61 Å². The number of aliphatic hydroxyl groups is 1. The van der Waals surface area contributed by atoms with Gasteiger partial charge in [-0.05, 0) is 40.8 Å². The predicted molar refractivity (Wildman–Crippen MR) is 54.9 cm³/mol. The van der Waals surface area contributed by atoms with Gasteiger partial charge in [0.15, 0.2) is 0 Å². The van der Waals surface area contributed by atoms with Crippen LogP contribution in [0.1, 0.15) is 5.76 Å². The molecule has 2 rings (SSSR count). The highest BCUT2D eigenvalue weighted by atomic mass is 127. The van der Waals surface area contributed by atoms with Gasteiger partial charge < -0.3 is 9.52 Å². The molecule has 0 aliphatic heterocycles. The van der Waals surface area contributed by atoms with E-state index >= 15 is 0 Å². The lowest BCUT2D eigenvalue weighted by Crippen LogP contribution is -1.73. The molecule has 0 aliphatic carbocycles. The van der Waals surface area contributed by atoms with Crippen LogP contribution in [0.3, 0.4) is 0 Å². The summed E-state index contributed by atoms with van der Waals surface area (Å²) in [6, 6.07) is 7.72. The van der Waals surface area contributed by atoms with Crippen molar-refractivity contribution in [1.29, 1.82) is 0 Å². The minimum Gasteiger partial charge on any atom is -0.459 e. The number of halogens is 1. The summed E-state index contributed by atoms with van der Waals surface area (Å²) in [4.78, 5) is 0. The Labute approximate surface area is 83.3 Å². The summed E-state index contributed by atoms with van der Waals surface area (Å²) in [6.07, 6.45) is 0. The molecular weight excluding hydrogens is 267 g/mol. The summed E-state index contributed by atoms with van der Waals surface area (Å²) in [5, 5.41) is 9.90. The van der Waals surface area contributed by atoms with Crippen LogP contribution in [0, 0.1) is 3.57 Å². The number of aliphatic hydroxyl groups excluding tert-OH is 1. The largest absolute Gasteiger partial charge is 0.459 e. The Hall–Kier alpha value is -0.550. The molecule has 1 N–H and O–H groups in total. The van der Waals surface area contributed by atoms with E-state index in [0.717, 1.165) is 14.5 Å². The van der Waals surface area contributed by atoms with Crippen molar-refractivity contribution in [3.8, 4) is 0 Å². The third kappa shape index (κ3) is 1.23. The van der Waals surface area contributed by atoms with Crippen LogP contribution in [0.15, 0.2) is 28.7 Å². The first kappa shape index (κ1) is 8.07. The van der Waals surface area contributed by atoms with Gasteiger partial charge in [0, 0.05) is 8.96 Å². The lowest BCUT2D eigenvalue weighted by atomic mass is 10.2. The zero-order valence-electron chi connectivity index (χ0n) is 6.25. The van der Waals surface area contributed by atoms with Crippen LogP contribution < -0.4 is 0 Å². The van der Waals surface area contributed by atoms with Gasteiger partial charge in [-0.1, -0.05) is 6.07 Å². The molecule has 2 nitrogen and oxygen atoms in total. The predicted octanol–water partition coefficient (Wildman–Crippen LogP) is 2.53. The molecule has 0 saturated carbocycles. The second-order valence-electron chi connectivity index (χ2n) is 2.52. The molecule has 0 saturated heterocycles. The molecule has 1 aromatic heterocycles. The fourth-order valence-corrected chi connectivity index (χ4v) is 1.79. The minimum absolute atomic E-state index is 0.0369. The fourth-order valence-electron chi connectivity index (χ4n) is 1.16. The number of benzene rings is 1. The fraction of sp³-hybridized carbons (Fsp3) is 0.111. The van der Waals surface area contributed by atoms with Crippen LogP contribution in [0.2, 0.25) is 0 Å². The van der Waals surface area contributed by atoms with E-state index < -0.39 is 0 Å². The maximum absolute atomic E-state index is 8.83. The molecule has 0 spiro atoms. The first-order valence-corrected chi connectivity index (χ1v) is 4.67. The van der Waals surface area contributed by atoms with E-state index in [1.165, 1.54) is 0 Å². The standard InChI is InChI=1S/C9H7IO2/c10-8-2-1-3-9-7(8)4-6(5-11)12-9/h1-4,11H,5H2. The van der Waals surface area contributed by atoms with E-state index in [1.807, 2.05) is 24.3 Å². The van der Waals surface area contributed by atoms with Gasteiger partial charge in [-0.3, -0.25) is 0 Å². The zero-order valence-corrected chi connectivity index (χ0v) is 8.41. The molecule has 0 atom stereocenters. The van der Waals surface area contributed by atoms with Crippen molar-refractivity contribution < 1.29 is 9.52 Å². The highest BCUT2D eigenvalue weighted by molar-refractivity contribution is 14.1. The number of fused-ring (bicyclic) bond motifs is 1. The average molecular weight is 274 g/mol. The lowest BCUT2D eigenvalue weighted by molar-refractivity contribution is 0.251. The molecule has 3 heteroatoms. The SMILES string of the molecule is OCc1cc2c(I)cccc2o1. The third-order valence-electron chi connectivity index (χ3n) is 1.72. The zero-order chi connectivity index (χ0) is 8.55. The van der Waals surface area contributed by atoms with Crippen molar-refractivity contribution in [1.82, 2.24) is 0 Å². The van der Waals surface area contributed by atoms with Crippen molar-refractivity contribution in [3.05, 3.63) is 33.6 Å². The maximum atomic E-state index is 8.83. The van der Waals surface area contributed by atoms with Crippen molar-refractivity contribution in [2.24, 2.45) is 0 Å². The van der Waals surface area contributed by atoms with E-state index in [1.54, 1.807) is 0 Å². The Morgan fingerprint density at radius 3 is 2.92 bits per heavy atom. The molecular formula is C9H7IO2. The van der Waals surface area contributed by atoms with Gasteiger partial charge in [-0.2, -0.15) is 0 Å². The van der Waals surface area contributed by atoms with Gasteiger partial charge in [0.05, 0.1) is 0 Å². The Morgan fingerprint density at radius 1 is 1.42 bits per heavy atom. The van der Waals surface area contributed by atoms with Crippen LogP contribution in [-0.4, -0.2) is 5.11 Å². The molecule has 0 unspecified atom stereocenters. The summed E-state index contributed by atoms with van der Waals surface area (Å²) in [7, 11) is 0. The Kier molecular flexibility index (Phi) is 2.06. The minimum atomic E-state index is -0.0369. The molecule has 0 aliphatic rings. The molecule has 2 aromatic rings. The molecule has 0 amide bonds. The van der Waals surface area contributed by atoms with Gasteiger partial charge in [0.25, 0.3) is 0 Å². The second kappa shape index (κ2) is 3.06. The van der Waals surface area contributed by atoms with Gasteiger partial charge in [-0.25, -0.2) is 0 Å². The van der Waals surface area contributed by atoms with Crippen molar-refractivity contribution in [2.45, 2.75) is 6.61 Å². The Bertz CT molecular complexity index is 406. The summed E-state index contributed by atoms with van der Waals surface area (Å²) in [6.45, 7) is -0.0369. The first-order chi connectivity index (χ1) is 5.81. The molecule has 0 fully saturated rings. The van der Waals surface area contributed by atoms with Gasteiger partial charge in [-0.15, -0.1) is 0 Å². The average Bonchev–Trinajstić information content (AvgIpc) is 2.49. The van der Waals surface area contributed by atoms with Gasteiger partial charge in [0.1, 0.15) is 18.0 Å². The van der Waals surface area contributed by atoms with Crippen molar-refractivity contribution >= 4 is 33.6 Å². The summed E-state index contributed by atoms with van der Waals surface area (Å²) >= 11 is 2.25. The first-order valence-electron chi connectivity index (χ1n) is 3.59. The topological polar surface area (TPSA) is 33.4 Å². The monoisotopic (exact) mass is 274 g/mol. The normalized spacial score (nSPS) is 10.8. The quantitative estimate of drug-likeness (QED) is 0.811. The highest BCUT2D eigenvalue weighted by Crippen LogP contribution is 2.23. The van der Waals surface area contributed by atoms with E-state index in [4.69, 9.17) is 9.52 Å². The molecule has 0 bridgehead atoms. The highest BCUT2D eigenvalue weighted by Gasteiger charge is 2.04. The van der Waals surface area contributed by atoms with E-state index in [9.17, 15) is 0 Å². The Balaban J connectivity index is 2.74. The van der Waals surface area contributed by atoms with Crippen molar-refractivity contribution in [3.63, 3.8) is 0 Å². The smallest absolute Gasteiger partial charge is 0.135 e. The molecule has 62 valence electrons. The summed E-state index contributed by atoms with van der Waals surface area (Å²) < 4.78 is 6.49. The van der Waals surface area contributed by atoms with E-state index in [0.29, 0.717) is 5.76 Å². The van der Waals surface area contributed by atoms with Crippen LogP contribution >= 0.6 is 22.6 Å². The van der Waals surface area contributed by atoms with E-state index in [2.05, 4.69) is 22.6 Å². The number of furan rings is 1. The van der Waals surface area contributed by atoms with Crippen LogP contribution in [0.5, 0.6) is 0 Å². The van der Waals surface area contributed by atoms with Crippen molar-refractivity contribution in [2.75, 3.05) is 0 Å². The Morgan fingerprint density at radius 2 is 2.25 bits per heavy atom. The number of rotatable bonds is 1. The molecule has 12 heavy (non-hydrogen) atoms. The molecule has 1 heterocycles. The second-order valence-corrected chi connectivity index (χ2v) is 3.68. The van der Waals surface area contributed by atoms with Gasteiger partial charge >= 0.3 is 0 Å².